The molecule has 0 unspecified atom stereocenters. The molecule has 6 nitrogen and oxygen atoms in total. The summed E-state index contributed by atoms with van der Waals surface area (Å²) in [6.07, 6.45) is 2.65. The molecule has 1 amide bonds. The Bertz CT molecular complexity index is 644. The van der Waals surface area contributed by atoms with E-state index in [1.54, 1.807) is 18.7 Å². The summed E-state index contributed by atoms with van der Waals surface area (Å²) < 4.78 is 0. The van der Waals surface area contributed by atoms with Crippen LogP contribution in [0.15, 0.2) is 4.79 Å². The molecule has 0 aliphatic heterocycles. The minimum atomic E-state index is -0.387. The number of nitrogens with one attached hydrogen (secondary N) is 1. The highest BCUT2D eigenvalue weighted by molar-refractivity contribution is 5.76. The number of nitriles is 1. The summed E-state index contributed by atoms with van der Waals surface area (Å²) in [4.78, 5) is 28.4. The molecular formula is C17H25N3O3. The van der Waals surface area contributed by atoms with Crippen LogP contribution in [0.4, 0.5) is 0 Å². The lowest BCUT2D eigenvalue weighted by atomic mass is 9.99. The van der Waals surface area contributed by atoms with Crippen LogP contribution in [-0.4, -0.2) is 40.6 Å². The second kappa shape index (κ2) is 9.11. The summed E-state index contributed by atoms with van der Waals surface area (Å²) in [5.74, 6) is -0.0176. The van der Waals surface area contributed by atoms with Gasteiger partial charge in [0.2, 0.25) is 5.91 Å². The van der Waals surface area contributed by atoms with Crippen molar-refractivity contribution < 1.29 is 9.90 Å². The van der Waals surface area contributed by atoms with Gasteiger partial charge in [0.05, 0.1) is 6.61 Å². The van der Waals surface area contributed by atoms with Gasteiger partial charge in [-0.25, -0.2) is 0 Å². The van der Waals surface area contributed by atoms with Gasteiger partial charge in [0.1, 0.15) is 11.6 Å². The Hall–Kier alpha value is -2.13. The van der Waals surface area contributed by atoms with Crippen molar-refractivity contribution in [2.45, 2.75) is 46.5 Å². The van der Waals surface area contributed by atoms with E-state index in [0.717, 1.165) is 18.4 Å². The molecule has 1 rings (SSSR count). The van der Waals surface area contributed by atoms with Crippen LogP contribution in [0.1, 0.15) is 48.6 Å². The number of aromatic nitrogens is 1. The Kier molecular flexibility index (Phi) is 7.49. The molecule has 0 saturated carbocycles. The van der Waals surface area contributed by atoms with Gasteiger partial charge in [-0.1, -0.05) is 13.3 Å². The van der Waals surface area contributed by atoms with Crippen LogP contribution in [0.2, 0.25) is 0 Å². The average Bonchev–Trinajstić information content (AvgIpc) is 2.51. The summed E-state index contributed by atoms with van der Waals surface area (Å²) in [7, 11) is 0. The smallest absolute Gasteiger partial charge is 0.266 e. The van der Waals surface area contributed by atoms with E-state index >= 15 is 0 Å². The summed E-state index contributed by atoms with van der Waals surface area (Å²) in [5.41, 5.74) is 1.90. The van der Waals surface area contributed by atoms with E-state index in [2.05, 4.69) is 11.9 Å². The second-order valence-corrected chi connectivity index (χ2v) is 5.63. The highest BCUT2D eigenvalue weighted by atomic mass is 16.3. The van der Waals surface area contributed by atoms with E-state index in [0.29, 0.717) is 37.2 Å². The van der Waals surface area contributed by atoms with Crippen molar-refractivity contribution in [1.29, 1.82) is 5.26 Å². The summed E-state index contributed by atoms with van der Waals surface area (Å²) >= 11 is 0. The molecule has 0 spiro atoms. The number of rotatable bonds is 8. The second-order valence-electron chi connectivity index (χ2n) is 5.63. The fourth-order valence-corrected chi connectivity index (χ4v) is 2.64. The number of carbonyl (C=O) groups is 1. The van der Waals surface area contributed by atoms with E-state index in [-0.39, 0.29) is 23.6 Å². The van der Waals surface area contributed by atoms with Crippen molar-refractivity contribution in [3.63, 3.8) is 0 Å². The van der Waals surface area contributed by atoms with Crippen molar-refractivity contribution >= 4 is 5.91 Å². The van der Waals surface area contributed by atoms with Crippen LogP contribution in [0.5, 0.6) is 0 Å². The quantitative estimate of drug-likeness (QED) is 0.757. The maximum absolute atomic E-state index is 12.3. The van der Waals surface area contributed by atoms with E-state index in [1.807, 2.05) is 6.07 Å². The van der Waals surface area contributed by atoms with Crippen LogP contribution >= 0.6 is 0 Å². The first-order chi connectivity index (χ1) is 11.0. The van der Waals surface area contributed by atoms with Gasteiger partial charge in [-0.2, -0.15) is 5.26 Å². The number of hydrogen-bond acceptors (Lipinski definition) is 4. The Morgan fingerprint density at radius 2 is 2.04 bits per heavy atom. The minimum absolute atomic E-state index is 0.0176. The molecule has 1 aromatic rings. The molecule has 0 atom stereocenters. The standard InChI is InChI=1S/C17H25N3O3/c1-4-5-8-20(9-10-21)16(22)7-6-14-12(2)15(11-18)17(23)19-13(14)3/h21H,4-10H2,1-3H3,(H,19,23). The highest BCUT2D eigenvalue weighted by Crippen LogP contribution is 2.15. The van der Waals surface area contributed by atoms with Crippen LogP contribution < -0.4 is 5.56 Å². The molecule has 0 saturated heterocycles. The van der Waals surface area contributed by atoms with Crippen LogP contribution in [-0.2, 0) is 11.2 Å². The molecule has 1 heterocycles. The third-order valence-corrected chi connectivity index (χ3v) is 4.01. The van der Waals surface area contributed by atoms with Gasteiger partial charge in [0.25, 0.3) is 5.56 Å². The first kappa shape index (κ1) is 18.9. The number of hydrogen-bond donors (Lipinski definition) is 2. The predicted molar refractivity (Wildman–Crippen MR) is 88.1 cm³/mol. The lowest BCUT2D eigenvalue weighted by molar-refractivity contribution is -0.131. The molecule has 0 bridgehead atoms. The number of H-pyrrole nitrogens is 1. The average molecular weight is 319 g/mol. The van der Waals surface area contributed by atoms with Gasteiger partial charge in [0.15, 0.2) is 0 Å². The molecule has 6 heteroatoms. The zero-order valence-electron chi connectivity index (χ0n) is 14.1. The number of aliphatic hydroxyl groups excluding tert-OH is 1. The predicted octanol–water partition coefficient (Wildman–Crippen LogP) is 1.42. The molecular weight excluding hydrogens is 294 g/mol. The molecule has 2 N–H and O–H groups in total. The zero-order chi connectivity index (χ0) is 17.4. The topological polar surface area (TPSA) is 97.2 Å². The first-order valence-electron chi connectivity index (χ1n) is 7.97. The lowest BCUT2D eigenvalue weighted by Gasteiger charge is -2.22. The maximum Gasteiger partial charge on any atom is 0.266 e. The first-order valence-corrected chi connectivity index (χ1v) is 7.97. The van der Waals surface area contributed by atoms with E-state index < -0.39 is 0 Å². The number of nitrogens with zero attached hydrogens (tertiary/aromatic N) is 2. The van der Waals surface area contributed by atoms with Gasteiger partial charge >= 0.3 is 0 Å². The number of aromatic amines is 1. The monoisotopic (exact) mass is 319 g/mol. The number of carbonyl (C=O) groups excluding carboxylic acids is 1. The lowest BCUT2D eigenvalue weighted by Crippen LogP contribution is -2.34. The van der Waals surface area contributed by atoms with Crippen LogP contribution in [0.25, 0.3) is 0 Å². The van der Waals surface area contributed by atoms with Crippen molar-refractivity contribution in [2.24, 2.45) is 0 Å². The SMILES string of the molecule is CCCCN(CCO)C(=O)CCc1c(C)[nH]c(=O)c(C#N)c1C. The van der Waals surface area contributed by atoms with Crippen LogP contribution in [0, 0.1) is 25.2 Å². The van der Waals surface area contributed by atoms with Crippen molar-refractivity contribution in [1.82, 2.24) is 9.88 Å². The van der Waals surface area contributed by atoms with Crippen LogP contribution in [0.3, 0.4) is 0 Å². The molecule has 0 fully saturated rings. The number of amides is 1. The Balaban J connectivity index is 2.87. The molecule has 0 radical (unpaired) electrons. The maximum atomic E-state index is 12.3. The van der Waals surface area contributed by atoms with E-state index in [4.69, 9.17) is 10.4 Å². The third kappa shape index (κ3) is 4.93. The highest BCUT2D eigenvalue weighted by Gasteiger charge is 2.16. The zero-order valence-corrected chi connectivity index (χ0v) is 14.1. The van der Waals surface area contributed by atoms with Gasteiger partial charge < -0.3 is 15.0 Å². The number of pyridine rings is 1. The van der Waals surface area contributed by atoms with Crippen molar-refractivity contribution in [2.75, 3.05) is 19.7 Å². The van der Waals surface area contributed by atoms with E-state index in [1.165, 1.54) is 0 Å². The van der Waals surface area contributed by atoms with Crippen molar-refractivity contribution in [3.05, 3.63) is 32.7 Å². The largest absolute Gasteiger partial charge is 0.395 e. The number of aliphatic hydroxyl groups is 1. The summed E-state index contributed by atoms with van der Waals surface area (Å²) in [6.45, 7) is 6.50. The number of aryl methyl sites for hydroxylation is 1. The van der Waals surface area contributed by atoms with Gasteiger partial charge in [-0.15, -0.1) is 0 Å². The fourth-order valence-electron chi connectivity index (χ4n) is 2.64. The van der Waals surface area contributed by atoms with Gasteiger partial charge in [-0.05, 0) is 37.8 Å². The summed E-state index contributed by atoms with van der Waals surface area (Å²) in [6, 6.07) is 1.92. The molecule has 0 aliphatic rings. The normalized spacial score (nSPS) is 10.4. The van der Waals surface area contributed by atoms with Gasteiger partial charge in [0, 0.05) is 25.2 Å². The molecule has 0 aromatic carbocycles. The molecule has 23 heavy (non-hydrogen) atoms. The Labute approximate surface area is 136 Å². The Morgan fingerprint density at radius 3 is 2.61 bits per heavy atom. The molecule has 0 aliphatic carbocycles. The van der Waals surface area contributed by atoms with E-state index in [9.17, 15) is 9.59 Å². The Morgan fingerprint density at radius 1 is 1.35 bits per heavy atom. The summed E-state index contributed by atoms with van der Waals surface area (Å²) in [5, 5.41) is 18.2. The van der Waals surface area contributed by atoms with Crippen molar-refractivity contribution in [3.8, 4) is 6.07 Å². The minimum Gasteiger partial charge on any atom is -0.395 e. The van der Waals surface area contributed by atoms with Gasteiger partial charge in [-0.3, -0.25) is 9.59 Å². The fraction of sp³-hybridized carbons (Fsp3) is 0.588. The number of unbranched alkanes of at least 4 members (excludes halogenated alkanes) is 1. The molecule has 1 aromatic heterocycles. The third-order valence-electron chi connectivity index (χ3n) is 4.01. The molecule has 126 valence electrons.